The van der Waals surface area contributed by atoms with E-state index in [4.69, 9.17) is 16.3 Å². The smallest absolute Gasteiger partial charge is 0.274 e. The van der Waals surface area contributed by atoms with Crippen molar-refractivity contribution in [1.29, 1.82) is 0 Å². The first-order chi connectivity index (χ1) is 14.2. The molecule has 0 aliphatic carbocycles. The van der Waals surface area contributed by atoms with Crippen LogP contribution in [0, 0.1) is 0 Å². The molecule has 0 atom stereocenters. The van der Waals surface area contributed by atoms with E-state index >= 15 is 0 Å². The number of piperazine rings is 1. The normalized spacial score (nSPS) is 14.0. The Morgan fingerprint density at radius 1 is 0.966 bits per heavy atom. The average Bonchev–Trinajstić information content (AvgIpc) is 2.79. The van der Waals surface area contributed by atoms with E-state index in [0.29, 0.717) is 36.0 Å². The highest BCUT2D eigenvalue weighted by atomic mass is 35.5. The van der Waals surface area contributed by atoms with Crippen molar-refractivity contribution >= 4 is 23.3 Å². The molecule has 148 valence electrons. The number of hydrogen-bond acceptors (Lipinski definition) is 3. The number of ether oxygens (including phenoxy) is 1. The van der Waals surface area contributed by atoms with Gasteiger partial charge in [-0.2, -0.15) is 0 Å². The summed E-state index contributed by atoms with van der Waals surface area (Å²) >= 11 is 6.18. The third-order valence-electron chi connectivity index (χ3n) is 5.01. The summed E-state index contributed by atoms with van der Waals surface area (Å²) in [5.41, 5.74) is 1.56. The lowest BCUT2D eigenvalue weighted by atomic mass is 10.1. The predicted octanol–water partition coefficient (Wildman–Crippen LogP) is 3.70. The van der Waals surface area contributed by atoms with E-state index in [9.17, 15) is 4.79 Å². The van der Waals surface area contributed by atoms with E-state index in [1.807, 2.05) is 59.6 Å². The van der Waals surface area contributed by atoms with Crippen molar-refractivity contribution in [2.45, 2.75) is 6.61 Å². The van der Waals surface area contributed by atoms with E-state index in [0.717, 1.165) is 24.5 Å². The maximum atomic E-state index is 13.2. The van der Waals surface area contributed by atoms with Crippen LogP contribution in [0.25, 0.3) is 0 Å². The number of H-pyrrole nitrogens is 1. The van der Waals surface area contributed by atoms with Gasteiger partial charge in [0.05, 0.1) is 24.8 Å². The number of halogens is 1. The molecule has 0 saturated carbocycles. The quantitative estimate of drug-likeness (QED) is 0.646. The topological polar surface area (TPSA) is 46.9 Å². The Morgan fingerprint density at radius 2 is 1.72 bits per heavy atom. The fraction of sp³-hybridized carbons (Fsp3) is 0.217. The summed E-state index contributed by atoms with van der Waals surface area (Å²) < 4.78 is 5.96. The van der Waals surface area contributed by atoms with Gasteiger partial charge in [-0.3, -0.25) is 9.69 Å². The molecule has 0 unspecified atom stereocenters. The van der Waals surface area contributed by atoms with Gasteiger partial charge < -0.3 is 9.64 Å². The Kier molecular flexibility index (Phi) is 5.96. The molecule has 1 N–H and O–H groups in total. The predicted molar refractivity (Wildman–Crippen MR) is 113 cm³/mol. The van der Waals surface area contributed by atoms with Crippen LogP contribution in [0.15, 0.2) is 72.9 Å². The molecule has 2 aromatic carbocycles. The number of hydrogen-bond donors (Lipinski definition) is 0. The standard InChI is InChI=1S/C23H22ClN3O2/c24-19-9-10-21(29-17-18-6-2-1-3-7-18)20(16-19)23(28)27-14-12-26(13-15-27)22-8-4-5-11-25-22/h1-11,16H,12-15,17H2/p+1. The van der Waals surface area contributed by atoms with E-state index in [2.05, 4.69) is 9.88 Å². The van der Waals surface area contributed by atoms with Crippen LogP contribution in [0.4, 0.5) is 5.82 Å². The minimum Gasteiger partial charge on any atom is -0.488 e. The molecule has 4 rings (SSSR count). The number of nitrogens with zero attached hydrogens (tertiary/aromatic N) is 2. The highest BCUT2D eigenvalue weighted by Crippen LogP contribution is 2.26. The SMILES string of the molecule is O=C(c1cc(Cl)ccc1OCc1ccccc1)N1CCN(c2cccc[nH+]2)CC1. The third kappa shape index (κ3) is 4.69. The Labute approximate surface area is 175 Å². The van der Waals surface area contributed by atoms with Gasteiger partial charge in [-0.1, -0.05) is 48.0 Å². The first kappa shape index (κ1) is 19.3. The Morgan fingerprint density at radius 3 is 2.45 bits per heavy atom. The van der Waals surface area contributed by atoms with Crippen LogP contribution in [-0.4, -0.2) is 37.0 Å². The summed E-state index contributed by atoms with van der Waals surface area (Å²) in [7, 11) is 0. The lowest BCUT2D eigenvalue weighted by Gasteiger charge is -2.31. The summed E-state index contributed by atoms with van der Waals surface area (Å²) in [6.45, 7) is 3.23. The van der Waals surface area contributed by atoms with Gasteiger partial charge in [0.1, 0.15) is 25.4 Å². The first-order valence-electron chi connectivity index (χ1n) is 9.68. The van der Waals surface area contributed by atoms with Crippen molar-refractivity contribution in [2.24, 2.45) is 0 Å². The fourth-order valence-corrected chi connectivity index (χ4v) is 3.60. The van der Waals surface area contributed by atoms with Crippen LogP contribution in [-0.2, 0) is 6.61 Å². The van der Waals surface area contributed by atoms with Crippen LogP contribution in [0.2, 0.25) is 5.02 Å². The summed E-state index contributed by atoms with van der Waals surface area (Å²) in [5.74, 6) is 1.57. The maximum absolute atomic E-state index is 13.2. The number of nitrogens with one attached hydrogen (secondary N) is 1. The van der Waals surface area contributed by atoms with Gasteiger partial charge in [-0.25, -0.2) is 4.98 Å². The Balaban J connectivity index is 1.45. The molecular weight excluding hydrogens is 386 g/mol. The second-order valence-electron chi connectivity index (χ2n) is 6.94. The zero-order valence-corrected chi connectivity index (χ0v) is 16.8. The number of carbonyl (C=O) groups excluding carboxylic acids is 1. The molecule has 29 heavy (non-hydrogen) atoms. The van der Waals surface area contributed by atoms with Crippen LogP contribution in [0.5, 0.6) is 5.75 Å². The molecule has 1 fully saturated rings. The lowest BCUT2D eigenvalue weighted by molar-refractivity contribution is -0.364. The Hall–Kier alpha value is -3.05. The lowest BCUT2D eigenvalue weighted by Crippen LogP contribution is -2.50. The van der Waals surface area contributed by atoms with Gasteiger partial charge in [0.25, 0.3) is 11.7 Å². The zero-order chi connectivity index (χ0) is 20.1. The number of anilines is 1. The van der Waals surface area contributed by atoms with Gasteiger partial charge in [0.2, 0.25) is 0 Å². The molecule has 5 nitrogen and oxygen atoms in total. The highest BCUT2D eigenvalue weighted by Gasteiger charge is 2.28. The van der Waals surface area contributed by atoms with Crippen molar-refractivity contribution in [2.75, 3.05) is 31.1 Å². The van der Waals surface area contributed by atoms with Gasteiger partial charge in [0.15, 0.2) is 0 Å². The number of benzene rings is 2. The van der Waals surface area contributed by atoms with Crippen LogP contribution < -0.4 is 14.6 Å². The van der Waals surface area contributed by atoms with Crippen molar-refractivity contribution in [1.82, 2.24) is 4.90 Å². The van der Waals surface area contributed by atoms with Crippen molar-refractivity contribution in [3.63, 3.8) is 0 Å². The van der Waals surface area contributed by atoms with E-state index in [1.165, 1.54) is 0 Å². The molecule has 1 aliphatic heterocycles. The van der Waals surface area contributed by atoms with E-state index in [-0.39, 0.29) is 5.91 Å². The van der Waals surface area contributed by atoms with Gasteiger partial charge in [-0.05, 0) is 29.8 Å². The molecule has 1 aliphatic rings. The Bertz CT molecular complexity index is 958. The van der Waals surface area contributed by atoms with E-state index in [1.54, 1.807) is 18.2 Å². The molecule has 1 aromatic heterocycles. The second kappa shape index (κ2) is 8.97. The molecular formula is C23H23ClN3O2+. The summed E-state index contributed by atoms with van der Waals surface area (Å²) in [6, 6.07) is 21.1. The molecule has 1 saturated heterocycles. The molecule has 2 heterocycles. The second-order valence-corrected chi connectivity index (χ2v) is 7.38. The van der Waals surface area contributed by atoms with Crippen molar-refractivity contribution in [3.05, 3.63) is 89.1 Å². The van der Waals surface area contributed by atoms with Gasteiger partial charge in [0, 0.05) is 11.1 Å². The molecule has 0 radical (unpaired) electrons. The summed E-state index contributed by atoms with van der Waals surface area (Å²) in [5, 5.41) is 0.526. The summed E-state index contributed by atoms with van der Waals surface area (Å²) in [6.07, 6.45) is 1.91. The monoisotopic (exact) mass is 408 g/mol. The number of rotatable bonds is 5. The minimum absolute atomic E-state index is 0.0488. The van der Waals surface area contributed by atoms with Crippen LogP contribution >= 0.6 is 11.6 Å². The number of aromatic amines is 1. The third-order valence-corrected chi connectivity index (χ3v) is 5.24. The average molecular weight is 409 g/mol. The molecule has 3 aromatic rings. The zero-order valence-electron chi connectivity index (χ0n) is 16.1. The molecule has 0 spiro atoms. The largest absolute Gasteiger partial charge is 0.488 e. The number of pyridine rings is 1. The van der Waals surface area contributed by atoms with Gasteiger partial charge in [-0.15, -0.1) is 0 Å². The highest BCUT2D eigenvalue weighted by molar-refractivity contribution is 6.31. The van der Waals surface area contributed by atoms with Gasteiger partial charge >= 0.3 is 0 Å². The van der Waals surface area contributed by atoms with E-state index < -0.39 is 0 Å². The number of carbonyl (C=O) groups is 1. The number of aromatic nitrogens is 1. The first-order valence-corrected chi connectivity index (χ1v) is 10.1. The van der Waals surface area contributed by atoms with Crippen molar-refractivity contribution < 1.29 is 14.5 Å². The van der Waals surface area contributed by atoms with Crippen molar-refractivity contribution in [3.8, 4) is 5.75 Å². The minimum atomic E-state index is -0.0488. The molecule has 1 amide bonds. The molecule has 6 heteroatoms. The number of amides is 1. The maximum Gasteiger partial charge on any atom is 0.274 e. The van der Waals surface area contributed by atoms with Crippen LogP contribution in [0.1, 0.15) is 15.9 Å². The molecule has 0 bridgehead atoms. The fourth-order valence-electron chi connectivity index (χ4n) is 3.43. The van der Waals surface area contributed by atoms with Crippen LogP contribution in [0.3, 0.4) is 0 Å². The summed E-state index contributed by atoms with van der Waals surface area (Å²) in [4.78, 5) is 20.5.